The van der Waals surface area contributed by atoms with Gasteiger partial charge in [0.05, 0.1) is 0 Å². The number of urea groups is 1. The van der Waals surface area contributed by atoms with Gasteiger partial charge in [-0.15, -0.1) is 0 Å². The highest BCUT2D eigenvalue weighted by molar-refractivity contribution is 6.09. The van der Waals surface area contributed by atoms with Crippen molar-refractivity contribution in [3.05, 3.63) is 35.6 Å². The van der Waals surface area contributed by atoms with E-state index in [1.54, 1.807) is 11.8 Å². The third-order valence-electron chi connectivity index (χ3n) is 5.46. The lowest BCUT2D eigenvalue weighted by molar-refractivity contribution is -0.141. The molecule has 0 saturated carbocycles. The predicted octanol–water partition coefficient (Wildman–Crippen LogP) is 2.38. The molecule has 140 valence electrons. The number of carbonyl (C=O) groups excluding carboxylic acids is 3. The van der Waals surface area contributed by atoms with Gasteiger partial charge in [0.15, 0.2) is 0 Å². The second-order valence-corrected chi connectivity index (χ2v) is 7.02. The number of piperidine rings is 1. The number of hydrogen-bond donors (Lipinski definition) is 1. The first-order chi connectivity index (χ1) is 12.4. The average molecular weight is 361 g/mol. The molecule has 0 unspecified atom stereocenters. The van der Waals surface area contributed by atoms with Crippen molar-refractivity contribution < 1.29 is 18.8 Å². The van der Waals surface area contributed by atoms with E-state index in [4.69, 9.17) is 0 Å². The molecule has 2 heterocycles. The summed E-state index contributed by atoms with van der Waals surface area (Å²) in [7, 11) is 0. The lowest BCUT2D eigenvalue weighted by Crippen LogP contribution is -2.49. The monoisotopic (exact) mass is 361 g/mol. The summed E-state index contributed by atoms with van der Waals surface area (Å²) in [4.78, 5) is 40.8. The third kappa shape index (κ3) is 3.06. The van der Waals surface area contributed by atoms with Gasteiger partial charge in [-0.25, -0.2) is 9.18 Å². The SMILES string of the molecule is CC[C@@]1(c2ccc(F)cc2)NC(=O)N(CC(=O)N2CCCC[C@H]2C)C1=O. The van der Waals surface area contributed by atoms with Gasteiger partial charge in [0, 0.05) is 12.6 Å². The number of carbonyl (C=O) groups is 3. The van der Waals surface area contributed by atoms with Crippen molar-refractivity contribution in [1.29, 1.82) is 0 Å². The summed E-state index contributed by atoms with van der Waals surface area (Å²) in [6, 6.07) is 5.04. The Morgan fingerprint density at radius 1 is 1.27 bits per heavy atom. The van der Waals surface area contributed by atoms with E-state index < -0.39 is 23.3 Å². The van der Waals surface area contributed by atoms with Crippen LogP contribution in [0.25, 0.3) is 0 Å². The molecule has 0 radical (unpaired) electrons. The fourth-order valence-electron chi connectivity index (χ4n) is 3.84. The standard InChI is InChI=1S/C19H24FN3O3/c1-3-19(14-7-9-15(20)10-8-14)17(25)23(18(26)21-19)12-16(24)22-11-5-4-6-13(22)2/h7-10,13H,3-6,11-12H2,1-2H3,(H,21,26)/t13-,19+/m1/s1. The molecule has 0 bridgehead atoms. The Morgan fingerprint density at radius 2 is 1.96 bits per heavy atom. The zero-order valence-corrected chi connectivity index (χ0v) is 15.1. The summed E-state index contributed by atoms with van der Waals surface area (Å²) < 4.78 is 13.2. The summed E-state index contributed by atoms with van der Waals surface area (Å²) in [5.74, 6) is -1.09. The fraction of sp³-hybridized carbons (Fsp3) is 0.526. The maximum atomic E-state index is 13.2. The van der Waals surface area contributed by atoms with Crippen molar-refractivity contribution in [2.75, 3.05) is 13.1 Å². The fourth-order valence-corrected chi connectivity index (χ4v) is 3.84. The van der Waals surface area contributed by atoms with Gasteiger partial charge >= 0.3 is 6.03 Å². The van der Waals surface area contributed by atoms with Crippen molar-refractivity contribution in [3.63, 3.8) is 0 Å². The van der Waals surface area contributed by atoms with Crippen LogP contribution in [0.1, 0.15) is 45.1 Å². The molecule has 4 amide bonds. The molecule has 6 nitrogen and oxygen atoms in total. The van der Waals surface area contributed by atoms with Crippen molar-refractivity contribution >= 4 is 17.8 Å². The topological polar surface area (TPSA) is 69.7 Å². The summed E-state index contributed by atoms with van der Waals surface area (Å²) >= 11 is 0. The van der Waals surface area contributed by atoms with Gasteiger partial charge in [-0.3, -0.25) is 14.5 Å². The predicted molar refractivity (Wildman–Crippen MR) is 93.6 cm³/mol. The van der Waals surface area contributed by atoms with E-state index in [0.717, 1.165) is 24.2 Å². The number of halogens is 1. The zero-order valence-electron chi connectivity index (χ0n) is 15.1. The Bertz CT molecular complexity index is 721. The first-order valence-corrected chi connectivity index (χ1v) is 9.08. The lowest BCUT2D eigenvalue weighted by atomic mass is 9.87. The molecule has 1 aromatic rings. The van der Waals surface area contributed by atoms with Crippen LogP contribution in [0.3, 0.4) is 0 Å². The number of amides is 4. The van der Waals surface area contributed by atoms with Gasteiger partial charge in [-0.05, 0) is 50.3 Å². The van der Waals surface area contributed by atoms with Crippen LogP contribution in [0, 0.1) is 5.82 Å². The maximum Gasteiger partial charge on any atom is 0.325 e. The highest BCUT2D eigenvalue weighted by atomic mass is 19.1. The molecule has 7 heteroatoms. The minimum absolute atomic E-state index is 0.116. The Kier molecular flexibility index (Phi) is 4.98. The second-order valence-electron chi connectivity index (χ2n) is 7.02. The van der Waals surface area contributed by atoms with Gasteiger partial charge in [0.25, 0.3) is 5.91 Å². The van der Waals surface area contributed by atoms with Crippen LogP contribution in [0.5, 0.6) is 0 Å². The summed E-state index contributed by atoms with van der Waals surface area (Å²) in [6.45, 7) is 4.15. The normalized spacial score (nSPS) is 26.2. The van der Waals surface area contributed by atoms with Crippen LogP contribution < -0.4 is 5.32 Å². The van der Waals surface area contributed by atoms with Gasteiger partial charge in [0.1, 0.15) is 17.9 Å². The molecule has 1 N–H and O–H groups in total. The molecule has 2 atom stereocenters. The molecule has 2 fully saturated rings. The Labute approximate surface area is 152 Å². The van der Waals surface area contributed by atoms with E-state index in [-0.39, 0.29) is 18.5 Å². The van der Waals surface area contributed by atoms with Crippen LogP contribution in [-0.4, -0.2) is 46.8 Å². The first kappa shape index (κ1) is 18.4. The number of rotatable bonds is 4. The van der Waals surface area contributed by atoms with Gasteiger partial charge in [-0.1, -0.05) is 19.1 Å². The second kappa shape index (κ2) is 7.05. The molecular weight excluding hydrogens is 337 g/mol. The molecule has 2 aliphatic heterocycles. The highest BCUT2D eigenvalue weighted by Crippen LogP contribution is 2.32. The number of benzene rings is 1. The Balaban J connectivity index is 1.81. The quantitative estimate of drug-likeness (QED) is 0.837. The molecule has 1 aromatic carbocycles. The van der Waals surface area contributed by atoms with Crippen LogP contribution in [0.4, 0.5) is 9.18 Å². The van der Waals surface area contributed by atoms with E-state index in [2.05, 4.69) is 5.32 Å². The molecule has 0 spiro atoms. The molecule has 2 saturated heterocycles. The summed E-state index contributed by atoms with van der Waals surface area (Å²) in [5.41, 5.74) is -0.737. The summed E-state index contributed by atoms with van der Waals surface area (Å²) in [6.07, 6.45) is 3.26. The minimum Gasteiger partial charge on any atom is -0.338 e. The number of nitrogens with one attached hydrogen (secondary N) is 1. The molecule has 3 rings (SSSR count). The summed E-state index contributed by atoms with van der Waals surface area (Å²) in [5, 5.41) is 2.72. The molecular formula is C19H24FN3O3. The average Bonchev–Trinajstić information content (AvgIpc) is 2.87. The zero-order chi connectivity index (χ0) is 18.9. The maximum absolute atomic E-state index is 13.2. The lowest BCUT2D eigenvalue weighted by Gasteiger charge is -2.34. The van der Waals surface area contributed by atoms with E-state index in [1.807, 2.05) is 6.92 Å². The van der Waals surface area contributed by atoms with E-state index in [9.17, 15) is 18.8 Å². The van der Waals surface area contributed by atoms with Crippen molar-refractivity contribution in [3.8, 4) is 0 Å². The third-order valence-corrected chi connectivity index (χ3v) is 5.46. The van der Waals surface area contributed by atoms with Gasteiger partial charge < -0.3 is 10.2 Å². The van der Waals surface area contributed by atoms with Gasteiger partial charge in [-0.2, -0.15) is 0 Å². The van der Waals surface area contributed by atoms with Crippen molar-refractivity contribution in [2.45, 2.75) is 51.1 Å². The van der Waals surface area contributed by atoms with Crippen LogP contribution in [0.2, 0.25) is 0 Å². The minimum atomic E-state index is -1.25. The smallest absolute Gasteiger partial charge is 0.325 e. The van der Waals surface area contributed by atoms with E-state index in [0.29, 0.717) is 18.5 Å². The van der Waals surface area contributed by atoms with Crippen molar-refractivity contribution in [2.24, 2.45) is 0 Å². The van der Waals surface area contributed by atoms with E-state index >= 15 is 0 Å². The van der Waals surface area contributed by atoms with Gasteiger partial charge in [0.2, 0.25) is 5.91 Å². The number of hydrogen-bond acceptors (Lipinski definition) is 3. The van der Waals surface area contributed by atoms with Crippen LogP contribution >= 0.6 is 0 Å². The Morgan fingerprint density at radius 3 is 2.58 bits per heavy atom. The van der Waals surface area contributed by atoms with Crippen LogP contribution in [0.15, 0.2) is 24.3 Å². The van der Waals surface area contributed by atoms with Crippen LogP contribution in [-0.2, 0) is 15.1 Å². The molecule has 0 aromatic heterocycles. The number of likely N-dealkylation sites (tertiary alicyclic amines) is 1. The molecule has 2 aliphatic rings. The Hall–Kier alpha value is -2.44. The van der Waals surface area contributed by atoms with E-state index in [1.165, 1.54) is 24.3 Å². The number of imide groups is 1. The molecule has 0 aliphatic carbocycles. The molecule has 26 heavy (non-hydrogen) atoms. The largest absolute Gasteiger partial charge is 0.338 e. The number of nitrogens with zero attached hydrogens (tertiary/aromatic N) is 2. The first-order valence-electron chi connectivity index (χ1n) is 9.08. The van der Waals surface area contributed by atoms with Crippen molar-refractivity contribution in [1.82, 2.24) is 15.1 Å². The highest BCUT2D eigenvalue weighted by Gasteiger charge is 2.52.